The number of rotatable bonds is 6. The summed E-state index contributed by atoms with van der Waals surface area (Å²) in [4.78, 5) is 12.1. The maximum absolute atomic E-state index is 12.6. The first-order chi connectivity index (χ1) is 14.3. The van der Waals surface area contributed by atoms with E-state index in [2.05, 4.69) is 16.5 Å². The van der Waals surface area contributed by atoms with Crippen molar-refractivity contribution in [2.24, 2.45) is 0 Å². The molecule has 0 spiro atoms. The number of nitrogen functional groups attached to an aromatic ring is 1. The highest BCUT2D eigenvalue weighted by Crippen LogP contribution is 2.29. The Kier molecular flexibility index (Phi) is 6.06. The van der Waals surface area contributed by atoms with E-state index in [1.54, 1.807) is 0 Å². The van der Waals surface area contributed by atoms with Crippen molar-refractivity contribution in [2.75, 3.05) is 12.3 Å². The van der Waals surface area contributed by atoms with Gasteiger partial charge in [0.2, 0.25) is 0 Å². The standard InChI is InChI=1S/C21H18F3N5O/c22-21(23,24)15-10-8-14(9-11-15)20(30)27-12-4-7-18-17(13-25)19(26)29(28-18)16-5-2-1-3-6-16/h1-3,5-6,8-11H,4,7,12,26H2,(H,27,30). The number of hydrogen-bond acceptors (Lipinski definition) is 4. The average molecular weight is 413 g/mol. The lowest BCUT2D eigenvalue weighted by atomic mass is 10.1. The zero-order chi connectivity index (χ0) is 21.7. The summed E-state index contributed by atoms with van der Waals surface area (Å²) in [6.45, 7) is 0.267. The summed E-state index contributed by atoms with van der Waals surface area (Å²) in [5.41, 5.74) is 6.90. The van der Waals surface area contributed by atoms with Crippen molar-refractivity contribution in [1.29, 1.82) is 5.26 Å². The van der Waals surface area contributed by atoms with Crippen molar-refractivity contribution in [1.82, 2.24) is 15.1 Å². The Morgan fingerprint density at radius 1 is 1.13 bits per heavy atom. The van der Waals surface area contributed by atoms with Gasteiger partial charge in [0.15, 0.2) is 0 Å². The first-order valence-corrected chi connectivity index (χ1v) is 9.09. The maximum atomic E-state index is 12.6. The van der Waals surface area contributed by atoms with Crippen molar-refractivity contribution >= 4 is 11.7 Å². The summed E-state index contributed by atoms with van der Waals surface area (Å²) in [6.07, 6.45) is -3.56. The number of halogens is 3. The molecule has 0 aliphatic heterocycles. The third kappa shape index (κ3) is 4.60. The summed E-state index contributed by atoms with van der Waals surface area (Å²) >= 11 is 0. The van der Waals surface area contributed by atoms with Gasteiger partial charge in [0.25, 0.3) is 5.91 Å². The number of nitrogens with two attached hydrogens (primary N) is 1. The van der Waals surface area contributed by atoms with E-state index in [0.717, 1.165) is 30.0 Å². The Balaban J connectivity index is 1.59. The van der Waals surface area contributed by atoms with Crippen LogP contribution in [0.2, 0.25) is 0 Å². The van der Waals surface area contributed by atoms with Crippen molar-refractivity contribution in [2.45, 2.75) is 19.0 Å². The summed E-state index contributed by atoms with van der Waals surface area (Å²) in [6, 6.07) is 15.2. The molecule has 1 amide bonds. The van der Waals surface area contributed by atoms with E-state index in [1.807, 2.05) is 30.3 Å². The highest BCUT2D eigenvalue weighted by atomic mass is 19.4. The van der Waals surface area contributed by atoms with E-state index >= 15 is 0 Å². The average Bonchev–Trinajstić information content (AvgIpc) is 3.06. The van der Waals surface area contributed by atoms with Crippen LogP contribution in [0.4, 0.5) is 19.0 Å². The number of para-hydroxylation sites is 1. The Morgan fingerprint density at radius 2 is 1.80 bits per heavy atom. The molecule has 6 nitrogen and oxygen atoms in total. The van der Waals surface area contributed by atoms with E-state index in [4.69, 9.17) is 5.73 Å². The largest absolute Gasteiger partial charge is 0.416 e. The first-order valence-electron chi connectivity index (χ1n) is 9.09. The number of nitriles is 1. The molecule has 1 aromatic heterocycles. The van der Waals surface area contributed by atoms with Gasteiger partial charge < -0.3 is 11.1 Å². The molecule has 0 aliphatic carbocycles. The van der Waals surface area contributed by atoms with Gasteiger partial charge in [0, 0.05) is 12.1 Å². The predicted octanol–water partition coefficient (Wildman–Crippen LogP) is 3.71. The molecule has 3 N–H and O–H groups in total. The lowest BCUT2D eigenvalue weighted by Crippen LogP contribution is -2.25. The van der Waals surface area contributed by atoms with E-state index < -0.39 is 17.6 Å². The number of anilines is 1. The van der Waals surface area contributed by atoms with Crippen molar-refractivity contribution < 1.29 is 18.0 Å². The molecule has 154 valence electrons. The van der Waals surface area contributed by atoms with Crippen LogP contribution in [0.15, 0.2) is 54.6 Å². The lowest BCUT2D eigenvalue weighted by molar-refractivity contribution is -0.137. The molecule has 0 fully saturated rings. The molecule has 0 unspecified atom stereocenters. The molecule has 1 heterocycles. The molecule has 0 saturated carbocycles. The van der Waals surface area contributed by atoms with E-state index in [1.165, 1.54) is 4.68 Å². The van der Waals surface area contributed by atoms with Gasteiger partial charge in [0.05, 0.1) is 16.9 Å². The molecule has 2 aromatic carbocycles. The van der Waals surface area contributed by atoms with E-state index in [-0.39, 0.29) is 23.5 Å². The molecule has 3 aromatic rings. The zero-order valence-corrected chi connectivity index (χ0v) is 15.8. The number of alkyl halides is 3. The van der Waals surface area contributed by atoms with Crippen LogP contribution < -0.4 is 11.1 Å². The zero-order valence-electron chi connectivity index (χ0n) is 15.8. The monoisotopic (exact) mass is 413 g/mol. The predicted molar refractivity (Wildman–Crippen MR) is 105 cm³/mol. The van der Waals surface area contributed by atoms with Crippen LogP contribution in [0.25, 0.3) is 5.69 Å². The van der Waals surface area contributed by atoms with Crippen molar-refractivity contribution in [3.63, 3.8) is 0 Å². The van der Waals surface area contributed by atoms with Crippen LogP contribution in [0, 0.1) is 11.3 Å². The summed E-state index contributed by atoms with van der Waals surface area (Å²) < 4.78 is 39.3. The fraction of sp³-hybridized carbons (Fsp3) is 0.190. The number of amides is 1. The molecule has 0 bridgehead atoms. The summed E-state index contributed by atoms with van der Waals surface area (Å²) in [5.74, 6) is -0.231. The minimum absolute atomic E-state index is 0.137. The molecule has 0 atom stereocenters. The topological polar surface area (TPSA) is 96.7 Å². The Morgan fingerprint density at radius 3 is 2.40 bits per heavy atom. The van der Waals surface area contributed by atoms with Crippen molar-refractivity contribution in [3.8, 4) is 11.8 Å². The fourth-order valence-electron chi connectivity index (χ4n) is 2.91. The second kappa shape index (κ2) is 8.69. The number of nitrogens with zero attached hydrogens (tertiary/aromatic N) is 3. The van der Waals surface area contributed by atoms with Crippen LogP contribution in [-0.2, 0) is 12.6 Å². The van der Waals surface area contributed by atoms with Crippen LogP contribution >= 0.6 is 0 Å². The van der Waals surface area contributed by atoms with Gasteiger partial charge in [-0.05, 0) is 49.2 Å². The second-order valence-electron chi connectivity index (χ2n) is 6.50. The summed E-state index contributed by atoms with van der Waals surface area (Å²) in [5, 5.41) is 16.5. The van der Waals surface area contributed by atoms with Crippen LogP contribution in [0.1, 0.15) is 33.6 Å². The number of aromatic nitrogens is 2. The van der Waals surface area contributed by atoms with Gasteiger partial charge in [-0.25, -0.2) is 4.68 Å². The third-order valence-electron chi connectivity index (χ3n) is 4.46. The van der Waals surface area contributed by atoms with E-state index in [0.29, 0.717) is 18.5 Å². The SMILES string of the molecule is N#Cc1c(CCCNC(=O)c2ccc(C(F)(F)F)cc2)nn(-c2ccccc2)c1N. The Hall–Kier alpha value is -3.80. The lowest BCUT2D eigenvalue weighted by Gasteiger charge is -2.08. The third-order valence-corrected chi connectivity index (χ3v) is 4.46. The summed E-state index contributed by atoms with van der Waals surface area (Å²) in [7, 11) is 0. The second-order valence-corrected chi connectivity index (χ2v) is 6.50. The Bertz CT molecular complexity index is 1070. The molecule has 30 heavy (non-hydrogen) atoms. The van der Waals surface area contributed by atoms with Crippen LogP contribution in [-0.4, -0.2) is 22.2 Å². The highest BCUT2D eigenvalue weighted by Gasteiger charge is 2.30. The molecule has 0 saturated heterocycles. The molecular formula is C21H18F3N5O. The Labute approximate surface area is 170 Å². The quantitative estimate of drug-likeness (QED) is 0.602. The van der Waals surface area contributed by atoms with Gasteiger partial charge in [-0.2, -0.15) is 23.5 Å². The molecule has 0 radical (unpaired) electrons. The van der Waals surface area contributed by atoms with Gasteiger partial charge in [-0.3, -0.25) is 4.79 Å². The number of nitrogens with one attached hydrogen (secondary N) is 1. The number of aryl methyl sites for hydroxylation is 1. The van der Waals surface area contributed by atoms with Gasteiger partial charge in [-0.1, -0.05) is 18.2 Å². The van der Waals surface area contributed by atoms with E-state index in [9.17, 15) is 23.2 Å². The van der Waals surface area contributed by atoms with Crippen LogP contribution in [0.5, 0.6) is 0 Å². The van der Waals surface area contributed by atoms with Crippen LogP contribution in [0.3, 0.4) is 0 Å². The maximum Gasteiger partial charge on any atom is 0.416 e. The molecule has 0 aliphatic rings. The minimum atomic E-state index is -4.45. The van der Waals surface area contributed by atoms with Gasteiger partial charge in [0.1, 0.15) is 17.5 Å². The van der Waals surface area contributed by atoms with Gasteiger partial charge >= 0.3 is 6.18 Å². The first kappa shape index (κ1) is 20.9. The van der Waals surface area contributed by atoms with Crippen molar-refractivity contribution in [3.05, 3.63) is 77.0 Å². The number of benzene rings is 2. The number of carbonyl (C=O) groups excluding carboxylic acids is 1. The normalized spacial score (nSPS) is 11.1. The van der Waals surface area contributed by atoms with Gasteiger partial charge in [-0.15, -0.1) is 0 Å². The fourth-order valence-corrected chi connectivity index (χ4v) is 2.91. The molecule has 3 rings (SSSR count). The minimum Gasteiger partial charge on any atom is -0.382 e. The molecular weight excluding hydrogens is 395 g/mol. The number of carbonyl (C=O) groups is 1. The smallest absolute Gasteiger partial charge is 0.382 e. The number of hydrogen-bond donors (Lipinski definition) is 2. The molecule has 9 heteroatoms. The highest BCUT2D eigenvalue weighted by molar-refractivity contribution is 5.94.